The van der Waals surface area contributed by atoms with Gasteiger partial charge in [0.05, 0.1) is 11.9 Å². The van der Waals surface area contributed by atoms with Gasteiger partial charge in [-0.1, -0.05) is 38.1 Å². The summed E-state index contributed by atoms with van der Waals surface area (Å²) in [7, 11) is 0. The van der Waals surface area contributed by atoms with Gasteiger partial charge in [0, 0.05) is 0 Å². The second kappa shape index (κ2) is 5.04. The van der Waals surface area contributed by atoms with Crippen molar-refractivity contribution >= 4 is 5.91 Å². The van der Waals surface area contributed by atoms with E-state index in [1.165, 1.54) is 5.56 Å². The number of benzene rings is 1. The molecule has 4 heteroatoms. The predicted molar refractivity (Wildman–Crippen MR) is 71.2 cm³/mol. The molecule has 18 heavy (non-hydrogen) atoms. The van der Waals surface area contributed by atoms with E-state index in [-0.39, 0.29) is 5.82 Å². The van der Waals surface area contributed by atoms with E-state index in [2.05, 4.69) is 35.9 Å². The van der Waals surface area contributed by atoms with Gasteiger partial charge in [0.25, 0.3) is 5.91 Å². The van der Waals surface area contributed by atoms with Crippen LogP contribution in [0.1, 0.15) is 42.4 Å². The van der Waals surface area contributed by atoms with Gasteiger partial charge in [-0.05, 0) is 23.5 Å². The molecule has 2 rings (SSSR count). The summed E-state index contributed by atoms with van der Waals surface area (Å²) in [6.45, 7) is 4.38. The van der Waals surface area contributed by atoms with Gasteiger partial charge in [-0.3, -0.25) is 4.79 Å². The number of nitrogens with two attached hydrogens (primary N) is 1. The molecule has 0 aliphatic heterocycles. The molecule has 0 saturated carbocycles. The lowest BCUT2D eigenvalue weighted by atomic mass is 9.97. The average molecular weight is 243 g/mol. The van der Waals surface area contributed by atoms with Gasteiger partial charge in [-0.25, -0.2) is 4.98 Å². The van der Waals surface area contributed by atoms with Crippen molar-refractivity contribution in [3.8, 4) is 11.3 Å². The highest BCUT2D eigenvalue weighted by atomic mass is 16.1. The molecular formula is C14H17N3O. The molecular weight excluding hydrogens is 226 g/mol. The van der Waals surface area contributed by atoms with E-state index in [0.717, 1.165) is 17.7 Å². The number of hydrogen-bond donors (Lipinski definition) is 2. The van der Waals surface area contributed by atoms with Crippen LogP contribution in [0.4, 0.5) is 0 Å². The molecule has 1 unspecified atom stereocenters. The Morgan fingerprint density at radius 2 is 2.06 bits per heavy atom. The average Bonchev–Trinajstić information content (AvgIpc) is 2.88. The largest absolute Gasteiger partial charge is 0.363 e. The van der Waals surface area contributed by atoms with Crippen molar-refractivity contribution in [1.82, 2.24) is 9.97 Å². The lowest BCUT2D eigenvalue weighted by molar-refractivity contribution is 0.0991. The van der Waals surface area contributed by atoms with Crippen molar-refractivity contribution in [1.29, 1.82) is 0 Å². The third kappa shape index (κ3) is 2.42. The topological polar surface area (TPSA) is 71.8 Å². The predicted octanol–water partition coefficient (Wildman–Crippen LogP) is 2.69. The first-order chi connectivity index (χ1) is 8.61. The number of aromatic nitrogens is 2. The summed E-state index contributed by atoms with van der Waals surface area (Å²) in [5, 5.41) is 0. The number of nitrogens with zero attached hydrogens (tertiary/aromatic N) is 1. The van der Waals surface area contributed by atoms with Crippen molar-refractivity contribution in [2.24, 2.45) is 5.73 Å². The van der Waals surface area contributed by atoms with Crippen molar-refractivity contribution in [3.63, 3.8) is 0 Å². The number of primary amides is 1. The van der Waals surface area contributed by atoms with Crippen LogP contribution in [-0.2, 0) is 0 Å². The molecule has 0 aliphatic rings. The smallest absolute Gasteiger partial charge is 0.284 e. The Kier molecular flexibility index (Phi) is 3.46. The van der Waals surface area contributed by atoms with Gasteiger partial charge in [-0.15, -0.1) is 0 Å². The van der Waals surface area contributed by atoms with Gasteiger partial charge in [0.1, 0.15) is 0 Å². The molecule has 3 N–H and O–H groups in total. The Bertz CT molecular complexity index is 542. The first-order valence-corrected chi connectivity index (χ1v) is 6.07. The van der Waals surface area contributed by atoms with Crippen LogP contribution < -0.4 is 5.73 Å². The lowest BCUT2D eigenvalue weighted by Gasteiger charge is -2.09. The number of H-pyrrole nitrogens is 1. The van der Waals surface area contributed by atoms with E-state index >= 15 is 0 Å². The van der Waals surface area contributed by atoms with E-state index in [0.29, 0.717) is 5.92 Å². The van der Waals surface area contributed by atoms with Crippen LogP contribution in [0.25, 0.3) is 11.3 Å². The molecule has 2 aromatic rings. The van der Waals surface area contributed by atoms with Crippen LogP contribution in [-0.4, -0.2) is 15.9 Å². The van der Waals surface area contributed by atoms with Crippen LogP contribution in [0.5, 0.6) is 0 Å². The van der Waals surface area contributed by atoms with E-state index in [1.54, 1.807) is 6.20 Å². The van der Waals surface area contributed by atoms with Crippen molar-refractivity contribution < 1.29 is 4.79 Å². The quantitative estimate of drug-likeness (QED) is 0.866. The molecule has 0 aliphatic carbocycles. The summed E-state index contributed by atoms with van der Waals surface area (Å²) in [5.74, 6) is 0.204. The summed E-state index contributed by atoms with van der Waals surface area (Å²) in [6, 6.07) is 8.27. The number of rotatable bonds is 4. The van der Waals surface area contributed by atoms with Crippen LogP contribution in [0.2, 0.25) is 0 Å². The fraction of sp³-hybridized carbons (Fsp3) is 0.286. The van der Waals surface area contributed by atoms with E-state index in [4.69, 9.17) is 5.73 Å². The summed E-state index contributed by atoms with van der Waals surface area (Å²) < 4.78 is 0. The number of carbonyl (C=O) groups excluding carboxylic acids is 1. The highest BCUT2D eigenvalue weighted by Crippen LogP contribution is 2.23. The van der Waals surface area contributed by atoms with Gasteiger partial charge in [0.2, 0.25) is 0 Å². The fourth-order valence-corrected chi connectivity index (χ4v) is 1.82. The number of amides is 1. The molecule has 1 aromatic carbocycles. The summed E-state index contributed by atoms with van der Waals surface area (Å²) >= 11 is 0. The zero-order valence-corrected chi connectivity index (χ0v) is 10.6. The molecule has 94 valence electrons. The maximum atomic E-state index is 11.0. The molecule has 4 nitrogen and oxygen atoms in total. The van der Waals surface area contributed by atoms with Gasteiger partial charge >= 0.3 is 0 Å². The van der Waals surface area contributed by atoms with Crippen LogP contribution in [0.3, 0.4) is 0 Å². The third-order valence-electron chi connectivity index (χ3n) is 3.21. The molecule has 0 bridgehead atoms. The Morgan fingerprint density at radius 1 is 1.39 bits per heavy atom. The number of nitrogens with one attached hydrogen (secondary N) is 1. The maximum absolute atomic E-state index is 11.0. The summed E-state index contributed by atoms with van der Waals surface area (Å²) in [5.41, 5.74) is 8.28. The van der Waals surface area contributed by atoms with Gasteiger partial charge in [-0.2, -0.15) is 0 Å². The fourth-order valence-electron chi connectivity index (χ4n) is 1.82. The van der Waals surface area contributed by atoms with Crippen LogP contribution in [0.15, 0.2) is 30.5 Å². The van der Waals surface area contributed by atoms with Gasteiger partial charge < -0.3 is 10.7 Å². The van der Waals surface area contributed by atoms with E-state index in [9.17, 15) is 4.79 Å². The minimum absolute atomic E-state index is 0.191. The second-order valence-electron chi connectivity index (χ2n) is 4.44. The summed E-state index contributed by atoms with van der Waals surface area (Å²) in [4.78, 5) is 17.8. The zero-order valence-electron chi connectivity index (χ0n) is 10.6. The first-order valence-electron chi connectivity index (χ1n) is 6.07. The highest BCUT2D eigenvalue weighted by Gasteiger charge is 2.08. The molecule has 1 heterocycles. The van der Waals surface area contributed by atoms with Crippen molar-refractivity contribution in [3.05, 3.63) is 41.9 Å². The Balaban J connectivity index is 2.25. The van der Waals surface area contributed by atoms with Crippen molar-refractivity contribution in [2.45, 2.75) is 26.2 Å². The van der Waals surface area contributed by atoms with Crippen LogP contribution >= 0.6 is 0 Å². The zero-order chi connectivity index (χ0) is 13.1. The van der Waals surface area contributed by atoms with E-state index in [1.807, 2.05) is 12.1 Å². The number of imidazole rings is 1. The Hall–Kier alpha value is -2.10. The lowest BCUT2D eigenvalue weighted by Crippen LogP contribution is -2.12. The molecule has 0 saturated heterocycles. The SMILES string of the molecule is CCC(C)c1ccc(-c2cnc(C(N)=O)[nH]2)cc1. The first kappa shape index (κ1) is 12.4. The third-order valence-corrected chi connectivity index (χ3v) is 3.21. The van der Waals surface area contributed by atoms with Gasteiger partial charge in [0.15, 0.2) is 5.82 Å². The minimum Gasteiger partial charge on any atom is -0.363 e. The van der Waals surface area contributed by atoms with Crippen molar-refractivity contribution in [2.75, 3.05) is 0 Å². The monoisotopic (exact) mass is 243 g/mol. The second-order valence-corrected chi connectivity index (χ2v) is 4.44. The van der Waals surface area contributed by atoms with Crippen LogP contribution in [0, 0.1) is 0 Å². The minimum atomic E-state index is -0.544. The molecule has 0 spiro atoms. The number of aromatic amines is 1. The Labute approximate surface area is 106 Å². The molecule has 1 aromatic heterocycles. The molecule has 1 atom stereocenters. The maximum Gasteiger partial charge on any atom is 0.284 e. The molecule has 0 radical (unpaired) electrons. The standard InChI is InChI=1S/C14H17N3O/c1-3-9(2)10-4-6-11(7-5-10)12-8-16-14(17-12)13(15)18/h4-9H,3H2,1-2H3,(H2,15,18)(H,16,17). The summed E-state index contributed by atoms with van der Waals surface area (Å²) in [6.07, 6.45) is 2.74. The molecule has 1 amide bonds. The Morgan fingerprint density at radius 3 is 2.56 bits per heavy atom. The number of hydrogen-bond acceptors (Lipinski definition) is 2. The van der Waals surface area contributed by atoms with E-state index < -0.39 is 5.91 Å². The normalized spacial score (nSPS) is 12.3. The number of carbonyl (C=O) groups is 1. The highest BCUT2D eigenvalue weighted by molar-refractivity contribution is 5.89. The molecule has 0 fully saturated rings.